The van der Waals surface area contributed by atoms with Gasteiger partial charge in [0.15, 0.2) is 0 Å². The first-order chi connectivity index (χ1) is 9.72. The molecule has 3 heteroatoms. The minimum absolute atomic E-state index is 0.601. The molecule has 1 aliphatic heterocycles. The minimum atomic E-state index is 0.601. The molecule has 0 amide bonds. The molecule has 1 aromatic rings. The molecule has 110 valence electrons. The number of hydrogen-bond acceptors (Lipinski definition) is 2. The molecule has 0 unspecified atom stereocenters. The largest absolute Gasteiger partial charge is 0.371 e. The molecule has 1 saturated carbocycles. The first-order valence-corrected chi connectivity index (χ1v) is 8.75. The maximum atomic E-state index is 5.73. The lowest BCUT2D eigenvalue weighted by atomic mass is 9.68. The fourth-order valence-electron chi connectivity index (χ4n) is 3.94. The summed E-state index contributed by atoms with van der Waals surface area (Å²) in [6.45, 7) is 3.03. The zero-order chi connectivity index (χ0) is 14.0. The predicted octanol–water partition coefficient (Wildman–Crippen LogP) is 4.46. The third-order valence-electron chi connectivity index (χ3n) is 5.36. The Morgan fingerprint density at radius 1 is 1.05 bits per heavy atom. The van der Waals surface area contributed by atoms with Gasteiger partial charge >= 0.3 is 0 Å². The quantitative estimate of drug-likeness (QED) is 0.863. The van der Waals surface area contributed by atoms with Crippen LogP contribution in [0.4, 0.5) is 5.69 Å². The highest BCUT2D eigenvalue weighted by Gasteiger charge is 2.35. The van der Waals surface area contributed by atoms with Crippen LogP contribution in [0.15, 0.2) is 22.7 Å². The Labute approximate surface area is 130 Å². The molecule has 2 aliphatic rings. The van der Waals surface area contributed by atoms with E-state index in [9.17, 15) is 0 Å². The van der Waals surface area contributed by atoms with Crippen LogP contribution in [0.3, 0.4) is 0 Å². The van der Waals surface area contributed by atoms with Crippen molar-refractivity contribution in [2.45, 2.75) is 51.5 Å². The Balaban J connectivity index is 1.67. The second-order valence-electron chi connectivity index (χ2n) is 6.53. The van der Waals surface area contributed by atoms with E-state index in [1.54, 1.807) is 0 Å². The van der Waals surface area contributed by atoms with E-state index in [2.05, 4.69) is 39.0 Å². The number of nitrogens with zero attached hydrogens (tertiary/aromatic N) is 1. The van der Waals surface area contributed by atoms with Crippen LogP contribution >= 0.6 is 15.9 Å². The van der Waals surface area contributed by atoms with Gasteiger partial charge in [-0.15, -0.1) is 0 Å². The van der Waals surface area contributed by atoms with Gasteiger partial charge in [-0.25, -0.2) is 0 Å². The van der Waals surface area contributed by atoms with E-state index < -0.39 is 0 Å². The molecule has 1 spiro atoms. The predicted molar refractivity (Wildman–Crippen MR) is 89.0 cm³/mol. The Bertz CT molecular complexity index is 456. The van der Waals surface area contributed by atoms with E-state index in [4.69, 9.17) is 5.73 Å². The van der Waals surface area contributed by atoms with Gasteiger partial charge in [-0.2, -0.15) is 0 Å². The number of nitrogens with two attached hydrogens (primary N) is 1. The molecule has 1 aromatic carbocycles. The van der Waals surface area contributed by atoms with Crippen molar-refractivity contribution >= 4 is 21.6 Å². The van der Waals surface area contributed by atoms with Crippen molar-refractivity contribution in [2.24, 2.45) is 11.1 Å². The number of anilines is 1. The summed E-state index contributed by atoms with van der Waals surface area (Å²) in [4.78, 5) is 2.55. The first kappa shape index (κ1) is 14.4. The van der Waals surface area contributed by atoms with Crippen LogP contribution in [-0.2, 0) is 6.54 Å². The zero-order valence-corrected chi connectivity index (χ0v) is 13.8. The Hall–Kier alpha value is -0.540. The monoisotopic (exact) mass is 336 g/mol. The molecule has 20 heavy (non-hydrogen) atoms. The van der Waals surface area contributed by atoms with Crippen molar-refractivity contribution < 1.29 is 0 Å². The molecule has 1 heterocycles. The number of hydrogen-bond donors (Lipinski definition) is 1. The van der Waals surface area contributed by atoms with Gasteiger partial charge in [-0.3, -0.25) is 0 Å². The molecule has 2 N–H and O–H groups in total. The molecule has 0 bridgehead atoms. The third kappa shape index (κ3) is 2.89. The van der Waals surface area contributed by atoms with Crippen LogP contribution in [0.1, 0.15) is 50.5 Å². The van der Waals surface area contributed by atoms with Crippen LogP contribution < -0.4 is 10.6 Å². The number of halogens is 1. The normalized spacial score (nSPS) is 22.2. The summed E-state index contributed by atoms with van der Waals surface area (Å²) in [5, 5.41) is 0. The maximum Gasteiger partial charge on any atom is 0.0377 e. The van der Waals surface area contributed by atoms with Gasteiger partial charge in [0.2, 0.25) is 0 Å². The highest BCUT2D eigenvalue weighted by molar-refractivity contribution is 9.10. The van der Waals surface area contributed by atoms with Crippen LogP contribution in [0.5, 0.6) is 0 Å². The van der Waals surface area contributed by atoms with E-state index in [0.717, 1.165) is 4.47 Å². The van der Waals surface area contributed by atoms with Crippen molar-refractivity contribution in [3.8, 4) is 0 Å². The number of piperidine rings is 1. The summed E-state index contributed by atoms with van der Waals surface area (Å²) in [6, 6.07) is 6.62. The van der Waals surface area contributed by atoms with Gasteiger partial charge in [-0.05, 0) is 48.8 Å². The Morgan fingerprint density at radius 2 is 1.75 bits per heavy atom. The summed E-state index contributed by atoms with van der Waals surface area (Å²) in [5.41, 5.74) is 8.95. The van der Waals surface area contributed by atoms with Crippen molar-refractivity contribution in [3.63, 3.8) is 0 Å². The molecule has 0 aromatic heterocycles. The van der Waals surface area contributed by atoms with Gasteiger partial charge in [-0.1, -0.05) is 41.3 Å². The van der Waals surface area contributed by atoms with E-state index in [1.807, 2.05) is 0 Å². The first-order valence-electron chi connectivity index (χ1n) is 7.96. The second-order valence-corrected chi connectivity index (χ2v) is 7.38. The molecule has 0 radical (unpaired) electrons. The zero-order valence-electron chi connectivity index (χ0n) is 12.2. The van der Waals surface area contributed by atoms with E-state index in [-0.39, 0.29) is 0 Å². The standard InChI is InChI=1S/C17H25BrN2/c18-16-12-15(5-4-14(16)13-19)20-10-8-17(9-11-20)6-2-1-3-7-17/h4-5,12H,1-3,6-11,13,19H2. The average molecular weight is 337 g/mol. The van der Waals surface area contributed by atoms with Gasteiger partial charge < -0.3 is 10.6 Å². The molecule has 1 saturated heterocycles. The van der Waals surface area contributed by atoms with Crippen LogP contribution in [-0.4, -0.2) is 13.1 Å². The highest BCUT2D eigenvalue weighted by Crippen LogP contribution is 2.45. The van der Waals surface area contributed by atoms with E-state index in [0.29, 0.717) is 12.0 Å². The fourth-order valence-corrected chi connectivity index (χ4v) is 4.47. The Kier molecular flexibility index (Phi) is 4.37. The molecule has 0 atom stereocenters. The van der Waals surface area contributed by atoms with E-state index >= 15 is 0 Å². The lowest BCUT2D eigenvalue weighted by Gasteiger charge is -2.45. The number of benzene rings is 1. The van der Waals surface area contributed by atoms with E-state index in [1.165, 1.54) is 69.3 Å². The third-order valence-corrected chi connectivity index (χ3v) is 6.10. The van der Waals surface area contributed by atoms with Gasteiger partial charge in [0.1, 0.15) is 0 Å². The molecule has 2 nitrogen and oxygen atoms in total. The summed E-state index contributed by atoms with van der Waals surface area (Å²) in [7, 11) is 0. The van der Waals surface area contributed by atoms with Crippen LogP contribution in [0, 0.1) is 5.41 Å². The summed E-state index contributed by atoms with van der Waals surface area (Å²) in [6.07, 6.45) is 10.1. The SMILES string of the molecule is NCc1ccc(N2CCC3(CCCCC3)CC2)cc1Br. The van der Waals surface area contributed by atoms with Crippen molar-refractivity contribution in [1.29, 1.82) is 0 Å². The summed E-state index contributed by atoms with van der Waals surface area (Å²) in [5.74, 6) is 0. The van der Waals surface area contributed by atoms with Crippen molar-refractivity contribution in [3.05, 3.63) is 28.2 Å². The Morgan fingerprint density at radius 3 is 2.35 bits per heavy atom. The van der Waals surface area contributed by atoms with Gasteiger partial charge in [0, 0.05) is 29.8 Å². The minimum Gasteiger partial charge on any atom is -0.371 e. The average Bonchev–Trinajstić information content (AvgIpc) is 2.49. The van der Waals surface area contributed by atoms with Gasteiger partial charge in [0.05, 0.1) is 0 Å². The highest BCUT2D eigenvalue weighted by atomic mass is 79.9. The number of rotatable bonds is 2. The molecular formula is C17H25BrN2. The second kappa shape index (κ2) is 6.07. The fraction of sp³-hybridized carbons (Fsp3) is 0.647. The maximum absolute atomic E-state index is 5.73. The van der Waals surface area contributed by atoms with Crippen molar-refractivity contribution in [2.75, 3.05) is 18.0 Å². The topological polar surface area (TPSA) is 29.3 Å². The lowest BCUT2D eigenvalue weighted by Crippen LogP contribution is -2.41. The van der Waals surface area contributed by atoms with Crippen molar-refractivity contribution in [1.82, 2.24) is 0 Å². The molecular weight excluding hydrogens is 312 g/mol. The molecule has 1 aliphatic carbocycles. The van der Waals surface area contributed by atoms with Gasteiger partial charge in [0.25, 0.3) is 0 Å². The smallest absolute Gasteiger partial charge is 0.0377 e. The molecule has 3 rings (SSSR count). The summed E-state index contributed by atoms with van der Waals surface area (Å²) < 4.78 is 1.15. The summed E-state index contributed by atoms with van der Waals surface area (Å²) >= 11 is 3.64. The lowest BCUT2D eigenvalue weighted by molar-refractivity contribution is 0.144. The van der Waals surface area contributed by atoms with Crippen LogP contribution in [0.25, 0.3) is 0 Å². The van der Waals surface area contributed by atoms with Crippen LogP contribution in [0.2, 0.25) is 0 Å². The molecule has 2 fully saturated rings.